The number of aliphatic carboxylic acids is 1. The first-order chi connectivity index (χ1) is 8.40. The number of hydrogen-bond donors (Lipinski definition) is 1. The van der Waals surface area contributed by atoms with Crippen LogP contribution >= 0.6 is 11.6 Å². The van der Waals surface area contributed by atoms with E-state index in [0.717, 1.165) is 6.08 Å². The number of rotatable bonds is 5. The molecule has 0 aliphatic rings. The standard InChI is InChI=1S/C11H8ClNO5/c12-9-5-7(2-4-10(9)13(17)18)1-3-8(14)6-11(15)16/h1-5H,6H2,(H,15,16). The Morgan fingerprint density at radius 3 is 2.61 bits per heavy atom. The fourth-order valence-electron chi connectivity index (χ4n) is 1.17. The molecule has 0 fully saturated rings. The highest BCUT2D eigenvalue weighted by molar-refractivity contribution is 6.32. The summed E-state index contributed by atoms with van der Waals surface area (Å²) in [5, 5.41) is 18.8. The molecule has 1 aromatic rings. The Kier molecular flexibility index (Phi) is 4.56. The monoisotopic (exact) mass is 269 g/mol. The summed E-state index contributed by atoms with van der Waals surface area (Å²) in [4.78, 5) is 31.2. The molecule has 0 radical (unpaired) electrons. The third-order valence-electron chi connectivity index (χ3n) is 1.96. The zero-order valence-corrected chi connectivity index (χ0v) is 9.76. The average Bonchev–Trinajstić information content (AvgIpc) is 2.25. The third-order valence-corrected chi connectivity index (χ3v) is 2.26. The first-order valence-electron chi connectivity index (χ1n) is 4.77. The van der Waals surface area contributed by atoms with E-state index in [1.807, 2.05) is 0 Å². The number of halogens is 1. The number of carboxylic acid groups (broad SMARTS) is 1. The van der Waals surface area contributed by atoms with Crippen molar-refractivity contribution in [3.8, 4) is 0 Å². The van der Waals surface area contributed by atoms with E-state index in [2.05, 4.69) is 0 Å². The van der Waals surface area contributed by atoms with E-state index < -0.39 is 23.1 Å². The van der Waals surface area contributed by atoms with E-state index in [1.165, 1.54) is 24.3 Å². The molecule has 0 saturated heterocycles. The number of nitro benzene ring substituents is 1. The second kappa shape index (κ2) is 5.92. The van der Waals surface area contributed by atoms with Gasteiger partial charge in [-0.2, -0.15) is 0 Å². The van der Waals surface area contributed by atoms with Crippen LogP contribution in [0.25, 0.3) is 6.08 Å². The first kappa shape index (κ1) is 13.9. The molecule has 0 aliphatic carbocycles. The largest absolute Gasteiger partial charge is 0.481 e. The average molecular weight is 270 g/mol. The number of benzene rings is 1. The number of allylic oxidation sites excluding steroid dienone is 1. The van der Waals surface area contributed by atoms with Crippen molar-refractivity contribution in [1.82, 2.24) is 0 Å². The van der Waals surface area contributed by atoms with Crippen molar-refractivity contribution in [2.24, 2.45) is 0 Å². The Morgan fingerprint density at radius 1 is 1.44 bits per heavy atom. The van der Waals surface area contributed by atoms with Gasteiger partial charge >= 0.3 is 5.97 Å². The lowest BCUT2D eigenvalue weighted by Crippen LogP contribution is -2.02. The second-order valence-corrected chi connectivity index (χ2v) is 3.75. The Morgan fingerprint density at radius 2 is 2.11 bits per heavy atom. The number of carboxylic acids is 1. The lowest BCUT2D eigenvalue weighted by atomic mass is 10.1. The Bertz CT molecular complexity index is 538. The summed E-state index contributed by atoms with van der Waals surface area (Å²) in [5.41, 5.74) is 0.245. The quantitative estimate of drug-likeness (QED) is 0.383. The van der Waals surface area contributed by atoms with Crippen LogP contribution in [0.15, 0.2) is 24.3 Å². The number of carbonyl (C=O) groups is 2. The smallest absolute Gasteiger partial charge is 0.311 e. The third kappa shape index (κ3) is 3.99. The van der Waals surface area contributed by atoms with Gasteiger partial charge in [-0.15, -0.1) is 0 Å². The predicted molar refractivity (Wildman–Crippen MR) is 64.4 cm³/mol. The van der Waals surface area contributed by atoms with Gasteiger partial charge in [-0.3, -0.25) is 19.7 Å². The Balaban J connectivity index is 2.83. The summed E-state index contributed by atoms with van der Waals surface area (Å²) in [7, 11) is 0. The Hall–Kier alpha value is -2.21. The molecule has 1 aromatic carbocycles. The van der Waals surface area contributed by atoms with Gasteiger partial charge in [-0.1, -0.05) is 17.7 Å². The van der Waals surface area contributed by atoms with Crippen LogP contribution < -0.4 is 0 Å². The van der Waals surface area contributed by atoms with Crippen LogP contribution in [0, 0.1) is 10.1 Å². The highest BCUT2D eigenvalue weighted by Crippen LogP contribution is 2.25. The lowest BCUT2D eigenvalue weighted by molar-refractivity contribution is -0.384. The van der Waals surface area contributed by atoms with Crippen molar-refractivity contribution < 1.29 is 19.6 Å². The molecule has 1 rings (SSSR count). The summed E-state index contributed by atoms with van der Waals surface area (Å²) >= 11 is 5.67. The molecule has 0 unspecified atom stereocenters. The van der Waals surface area contributed by atoms with Crippen LogP contribution in [-0.2, 0) is 9.59 Å². The molecular formula is C11H8ClNO5. The number of nitrogens with zero attached hydrogens (tertiary/aromatic N) is 1. The van der Waals surface area contributed by atoms with Crippen molar-refractivity contribution in [3.63, 3.8) is 0 Å². The van der Waals surface area contributed by atoms with Crippen LogP contribution in [0.4, 0.5) is 5.69 Å². The minimum Gasteiger partial charge on any atom is -0.481 e. The van der Waals surface area contributed by atoms with Crippen LogP contribution in [0.1, 0.15) is 12.0 Å². The molecule has 7 heteroatoms. The summed E-state index contributed by atoms with van der Waals surface area (Å²) < 4.78 is 0. The minimum atomic E-state index is -1.22. The molecule has 0 amide bonds. The lowest BCUT2D eigenvalue weighted by Gasteiger charge is -1.97. The summed E-state index contributed by atoms with van der Waals surface area (Å²) in [6.07, 6.45) is 1.84. The molecular weight excluding hydrogens is 262 g/mol. The maximum absolute atomic E-state index is 11.1. The number of hydrogen-bond acceptors (Lipinski definition) is 4. The topological polar surface area (TPSA) is 97.5 Å². The second-order valence-electron chi connectivity index (χ2n) is 3.34. The zero-order chi connectivity index (χ0) is 13.7. The van der Waals surface area contributed by atoms with E-state index in [0.29, 0.717) is 5.56 Å². The molecule has 94 valence electrons. The van der Waals surface area contributed by atoms with E-state index in [9.17, 15) is 19.7 Å². The zero-order valence-electron chi connectivity index (χ0n) is 9.00. The van der Waals surface area contributed by atoms with Gasteiger partial charge in [0.1, 0.15) is 11.4 Å². The van der Waals surface area contributed by atoms with E-state index in [1.54, 1.807) is 0 Å². The molecule has 1 N–H and O–H groups in total. The van der Waals surface area contributed by atoms with E-state index >= 15 is 0 Å². The molecule has 0 aromatic heterocycles. The highest BCUT2D eigenvalue weighted by atomic mass is 35.5. The van der Waals surface area contributed by atoms with E-state index in [4.69, 9.17) is 16.7 Å². The first-order valence-corrected chi connectivity index (χ1v) is 5.14. The van der Waals surface area contributed by atoms with Crippen molar-refractivity contribution in [2.75, 3.05) is 0 Å². The molecule has 0 atom stereocenters. The summed E-state index contributed by atoms with van der Waals surface area (Å²) in [6.45, 7) is 0. The molecule has 6 nitrogen and oxygen atoms in total. The maximum Gasteiger partial charge on any atom is 0.311 e. The van der Waals surface area contributed by atoms with Crippen molar-refractivity contribution >= 4 is 35.1 Å². The minimum absolute atomic E-state index is 0.0483. The van der Waals surface area contributed by atoms with Gasteiger partial charge in [-0.05, 0) is 23.8 Å². The normalized spacial score (nSPS) is 10.5. The van der Waals surface area contributed by atoms with Gasteiger partial charge in [0.25, 0.3) is 5.69 Å². The Labute approximate surface area is 107 Å². The van der Waals surface area contributed by atoms with Gasteiger partial charge in [0.15, 0.2) is 5.78 Å². The van der Waals surface area contributed by atoms with Crippen molar-refractivity contribution in [2.45, 2.75) is 6.42 Å². The molecule has 0 heterocycles. The molecule has 18 heavy (non-hydrogen) atoms. The van der Waals surface area contributed by atoms with Gasteiger partial charge in [0, 0.05) is 6.07 Å². The number of nitro groups is 1. The SMILES string of the molecule is O=C(O)CC(=O)C=Cc1ccc([N+](=O)[O-])c(Cl)c1. The molecule has 0 spiro atoms. The van der Waals surface area contributed by atoms with Gasteiger partial charge in [0.2, 0.25) is 0 Å². The summed E-state index contributed by atoms with van der Waals surface area (Å²) in [5.74, 6) is -1.79. The maximum atomic E-state index is 11.1. The fraction of sp³-hybridized carbons (Fsp3) is 0.0909. The number of carbonyl (C=O) groups excluding carboxylic acids is 1. The molecule has 0 saturated carbocycles. The van der Waals surface area contributed by atoms with Gasteiger partial charge in [0.05, 0.1) is 4.92 Å². The van der Waals surface area contributed by atoms with Crippen molar-refractivity contribution in [1.29, 1.82) is 0 Å². The van der Waals surface area contributed by atoms with Crippen LogP contribution in [0.3, 0.4) is 0 Å². The molecule has 0 bridgehead atoms. The van der Waals surface area contributed by atoms with E-state index in [-0.39, 0.29) is 10.7 Å². The highest BCUT2D eigenvalue weighted by Gasteiger charge is 2.11. The van der Waals surface area contributed by atoms with Gasteiger partial charge < -0.3 is 5.11 Å². The predicted octanol–water partition coefficient (Wildman–Crippen LogP) is 2.31. The summed E-state index contributed by atoms with van der Waals surface area (Å²) in [6, 6.07) is 3.95. The van der Waals surface area contributed by atoms with Crippen molar-refractivity contribution in [3.05, 3.63) is 45.0 Å². The molecule has 0 aliphatic heterocycles. The van der Waals surface area contributed by atoms with Crippen LogP contribution in [0.5, 0.6) is 0 Å². The number of ketones is 1. The van der Waals surface area contributed by atoms with Crippen LogP contribution in [0.2, 0.25) is 5.02 Å². The van der Waals surface area contributed by atoms with Crippen LogP contribution in [-0.4, -0.2) is 21.8 Å². The fourth-order valence-corrected chi connectivity index (χ4v) is 1.43. The van der Waals surface area contributed by atoms with Gasteiger partial charge in [-0.25, -0.2) is 0 Å².